The summed E-state index contributed by atoms with van der Waals surface area (Å²) in [6.45, 7) is 5.61. The fraction of sp³-hybridized carbons (Fsp3) is 0.222. The molecule has 3 aromatic carbocycles. The second-order valence-electron chi connectivity index (χ2n) is 8.84. The SMILES string of the molecule is CC(C)(C)OC(=O)COc1ccccc1C(=O)Nc1nccn1Cc1cccc2ccccc12. The van der Waals surface area contributed by atoms with Crippen LogP contribution in [0.3, 0.4) is 0 Å². The number of esters is 1. The number of amides is 1. The van der Waals surface area contributed by atoms with Crippen molar-refractivity contribution in [3.63, 3.8) is 0 Å². The van der Waals surface area contributed by atoms with Gasteiger partial charge in [-0.1, -0.05) is 54.6 Å². The monoisotopic (exact) mass is 457 g/mol. The van der Waals surface area contributed by atoms with Crippen molar-refractivity contribution in [3.05, 3.63) is 90.3 Å². The molecule has 4 rings (SSSR count). The number of carbonyl (C=O) groups is 2. The number of carbonyl (C=O) groups excluding carboxylic acids is 2. The second kappa shape index (κ2) is 9.79. The van der Waals surface area contributed by atoms with E-state index in [1.165, 1.54) is 0 Å². The maximum Gasteiger partial charge on any atom is 0.344 e. The van der Waals surface area contributed by atoms with Crippen molar-refractivity contribution in [3.8, 4) is 5.75 Å². The first kappa shape index (κ1) is 23.0. The highest BCUT2D eigenvalue weighted by molar-refractivity contribution is 6.05. The zero-order valence-corrected chi connectivity index (χ0v) is 19.4. The number of para-hydroxylation sites is 1. The molecular formula is C27H27N3O4. The van der Waals surface area contributed by atoms with Gasteiger partial charge in [0.05, 0.1) is 12.1 Å². The summed E-state index contributed by atoms with van der Waals surface area (Å²) in [6.07, 6.45) is 3.47. The number of nitrogens with zero attached hydrogens (tertiary/aromatic N) is 2. The Balaban J connectivity index is 1.49. The van der Waals surface area contributed by atoms with Crippen molar-refractivity contribution in [2.75, 3.05) is 11.9 Å². The molecule has 1 N–H and O–H groups in total. The molecule has 0 bridgehead atoms. The van der Waals surface area contributed by atoms with Gasteiger partial charge in [0.25, 0.3) is 5.91 Å². The summed E-state index contributed by atoms with van der Waals surface area (Å²) >= 11 is 0. The molecule has 0 aliphatic carbocycles. The Morgan fingerprint density at radius 1 is 0.971 bits per heavy atom. The Bertz CT molecular complexity index is 1320. The number of hydrogen-bond donors (Lipinski definition) is 1. The van der Waals surface area contributed by atoms with Crippen LogP contribution in [0.1, 0.15) is 36.7 Å². The third-order valence-electron chi connectivity index (χ3n) is 5.06. The predicted molar refractivity (Wildman–Crippen MR) is 131 cm³/mol. The minimum Gasteiger partial charge on any atom is -0.481 e. The molecule has 174 valence electrons. The van der Waals surface area contributed by atoms with Crippen LogP contribution in [0, 0.1) is 0 Å². The summed E-state index contributed by atoms with van der Waals surface area (Å²) < 4.78 is 12.7. The number of anilines is 1. The number of benzene rings is 3. The second-order valence-corrected chi connectivity index (χ2v) is 8.84. The molecule has 0 unspecified atom stereocenters. The molecule has 7 heteroatoms. The Labute approximate surface area is 198 Å². The molecule has 1 heterocycles. The molecule has 7 nitrogen and oxygen atoms in total. The number of nitrogens with one attached hydrogen (secondary N) is 1. The molecule has 4 aromatic rings. The van der Waals surface area contributed by atoms with Crippen LogP contribution in [0.5, 0.6) is 5.75 Å². The Kier molecular flexibility index (Phi) is 6.63. The van der Waals surface area contributed by atoms with E-state index < -0.39 is 11.6 Å². The molecule has 34 heavy (non-hydrogen) atoms. The molecule has 0 spiro atoms. The molecule has 0 radical (unpaired) electrons. The van der Waals surface area contributed by atoms with Gasteiger partial charge in [-0.3, -0.25) is 10.1 Å². The maximum atomic E-state index is 13.1. The van der Waals surface area contributed by atoms with Crippen molar-refractivity contribution in [1.29, 1.82) is 0 Å². The molecule has 0 aliphatic rings. The highest BCUT2D eigenvalue weighted by atomic mass is 16.6. The van der Waals surface area contributed by atoms with Gasteiger partial charge in [0.2, 0.25) is 5.95 Å². The number of fused-ring (bicyclic) bond motifs is 1. The lowest BCUT2D eigenvalue weighted by atomic mass is 10.0. The lowest BCUT2D eigenvalue weighted by Crippen LogP contribution is -2.27. The standard InChI is InChI=1S/C27H27N3O4/c1-27(2,3)34-24(31)18-33-23-14-7-6-13-22(23)25(32)29-26-28-15-16-30(26)17-20-11-8-10-19-9-4-5-12-21(19)20/h4-16H,17-18H2,1-3H3,(H,28,29,32). The van der Waals surface area contributed by atoms with Crippen molar-refractivity contribution in [2.24, 2.45) is 0 Å². The van der Waals surface area contributed by atoms with Gasteiger partial charge in [-0.15, -0.1) is 0 Å². The first-order valence-electron chi connectivity index (χ1n) is 11.0. The van der Waals surface area contributed by atoms with E-state index in [9.17, 15) is 9.59 Å². The molecule has 0 atom stereocenters. The largest absolute Gasteiger partial charge is 0.481 e. The van der Waals surface area contributed by atoms with Crippen LogP contribution in [0.4, 0.5) is 5.95 Å². The Morgan fingerprint density at radius 3 is 2.53 bits per heavy atom. The van der Waals surface area contributed by atoms with Crippen molar-refractivity contribution < 1.29 is 19.1 Å². The molecule has 1 amide bonds. The van der Waals surface area contributed by atoms with Gasteiger partial charge in [-0.25, -0.2) is 9.78 Å². The third kappa shape index (κ3) is 5.61. The van der Waals surface area contributed by atoms with E-state index in [2.05, 4.69) is 34.6 Å². The zero-order valence-electron chi connectivity index (χ0n) is 19.4. The summed E-state index contributed by atoms with van der Waals surface area (Å²) in [4.78, 5) is 29.4. The first-order valence-corrected chi connectivity index (χ1v) is 11.0. The van der Waals surface area contributed by atoms with Gasteiger partial charge in [-0.05, 0) is 49.2 Å². The third-order valence-corrected chi connectivity index (χ3v) is 5.06. The normalized spacial score (nSPS) is 11.3. The van der Waals surface area contributed by atoms with E-state index in [1.807, 2.05) is 29.0 Å². The fourth-order valence-corrected chi connectivity index (χ4v) is 3.63. The summed E-state index contributed by atoms with van der Waals surface area (Å²) in [5.74, 6) is -0.184. The topological polar surface area (TPSA) is 82.4 Å². The molecule has 0 saturated heterocycles. The van der Waals surface area contributed by atoms with Crippen LogP contribution in [0.2, 0.25) is 0 Å². The van der Waals surface area contributed by atoms with Crippen molar-refractivity contribution >= 4 is 28.6 Å². The van der Waals surface area contributed by atoms with Crippen molar-refractivity contribution in [2.45, 2.75) is 32.9 Å². The predicted octanol–water partition coefficient (Wildman–Crippen LogP) is 5.06. The number of aromatic nitrogens is 2. The van der Waals surface area contributed by atoms with Crippen LogP contribution >= 0.6 is 0 Å². The minimum absolute atomic E-state index is 0.290. The van der Waals surface area contributed by atoms with Gasteiger partial charge in [-0.2, -0.15) is 0 Å². The lowest BCUT2D eigenvalue weighted by molar-refractivity contribution is -0.157. The maximum absolute atomic E-state index is 13.1. The van der Waals surface area contributed by atoms with E-state index in [0.29, 0.717) is 18.1 Å². The summed E-state index contributed by atoms with van der Waals surface area (Å²) in [5.41, 5.74) is 0.803. The van der Waals surface area contributed by atoms with Crippen LogP contribution < -0.4 is 10.1 Å². The van der Waals surface area contributed by atoms with Gasteiger partial charge in [0.15, 0.2) is 6.61 Å². The number of ether oxygens (including phenoxy) is 2. The van der Waals surface area contributed by atoms with Gasteiger partial charge in [0.1, 0.15) is 11.4 Å². The van der Waals surface area contributed by atoms with Gasteiger partial charge >= 0.3 is 5.97 Å². The van der Waals surface area contributed by atoms with E-state index in [-0.39, 0.29) is 18.3 Å². The van der Waals surface area contributed by atoms with Crippen LogP contribution in [-0.2, 0) is 16.1 Å². The van der Waals surface area contributed by atoms with E-state index >= 15 is 0 Å². The minimum atomic E-state index is -0.613. The average molecular weight is 458 g/mol. The zero-order chi connectivity index (χ0) is 24.1. The summed E-state index contributed by atoms with van der Waals surface area (Å²) in [7, 11) is 0. The number of hydrogen-bond acceptors (Lipinski definition) is 5. The molecule has 0 fully saturated rings. The fourth-order valence-electron chi connectivity index (χ4n) is 3.63. The van der Waals surface area contributed by atoms with E-state index in [1.54, 1.807) is 51.2 Å². The van der Waals surface area contributed by atoms with Crippen LogP contribution in [0.25, 0.3) is 10.8 Å². The highest BCUT2D eigenvalue weighted by Gasteiger charge is 2.19. The quantitative estimate of drug-likeness (QED) is 0.393. The van der Waals surface area contributed by atoms with E-state index in [0.717, 1.165) is 16.3 Å². The number of imidazole rings is 1. The van der Waals surface area contributed by atoms with Gasteiger partial charge < -0.3 is 14.0 Å². The molecule has 0 saturated carbocycles. The Hall–Kier alpha value is -4.13. The molecular weight excluding hydrogens is 430 g/mol. The van der Waals surface area contributed by atoms with Gasteiger partial charge in [0, 0.05) is 12.4 Å². The molecule has 0 aliphatic heterocycles. The van der Waals surface area contributed by atoms with Crippen LogP contribution in [0.15, 0.2) is 79.1 Å². The first-order chi connectivity index (χ1) is 16.3. The van der Waals surface area contributed by atoms with Crippen LogP contribution in [-0.4, -0.2) is 33.6 Å². The average Bonchev–Trinajstić information content (AvgIpc) is 3.23. The van der Waals surface area contributed by atoms with E-state index in [4.69, 9.17) is 9.47 Å². The molecule has 1 aromatic heterocycles. The lowest BCUT2D eigenvalue weighted by Gasteiger charge is -2.19. The number of rotatable bonds is 7. The smallest absolute Gasteiger partial charge is 0.344 e. The highest BCUT2D eigenvalue weighted by Crippen LogP contribution is 2.22. The summed E-state index contributed by atoms with van der Waals surface area (Å²) in [6, 6.07) is 21.1. The summed E-state index contributed by atoms with van der Waals surface area (Å²) in [5, 5.41) is 5.16. The Morgan fingerprint density at radius 2 is 1.71 bits per heavy atom. The van der Waals surface area contributed by atoms with Crippen molar-refractivity contribution in [1.82, 2.24) is 9.55 Å².